The molecule has 0 bridgehead atoms. The van der Waals surface area contributed by atoms with Crippen LogP contribution in [-0.2, 0) is 16.0 Å². The van der Waals surface area contributed by atoms with E-state index in [0.717, 1.165) is 23.5 Å². The van der Waals surface area contributed by atoms with E-state index in [9.17, 15) is 10.1 Å². The summed E-state index contributed by atoms with van der Waals surface area (Å²) in [7, 11) is 0. The van der Waals surface area contributed by atoms with Crippen molar-refractivity contribution in [2.75, 3.05) is 32.8 Å². The molecular weight excluding hydrogens is 426 g/mol. The van der Waals surface area contributed by atoms with Gasteiger partial charge in [0.05, 0.1) is 24.7 Å². The highest BCUT2D eigenvalue weighted by Gasteiger charge is 2.42. The number of ether oxygens (including phenoxy) is 1. The van der Waals surface area contributed by atoms with Crippen LogP contribution in [0.2, 0.25) is 0 Å². The minimum atomic E-state index is 0.0538. The first kappa shape index (κ1) is 23.0. The van der Waals surface area contributed by atoms with Crippen LogP contribution < -0.4 is 0 Å². The normalized spacial score (nSPS) is 28.2. The van der Waals surface area contributed by atoms with Crippen molar-refractivity contribution in [1.29, 1.82) is 5.26 Å². The third-order valence-corrected chi connectivity index (χ3v) is 8.03. The zero-order chi connectivity index (χ0) is 23.5. The maximum Gasteiger partial charge on any atom is 0.228 e. The Hall–Kier alpha value is -2.72. The molecule has 3 fully saturated rings. The Balaban J connectivity index is 1.36. The van der Waals surface area contributed by atoms with Crippen molar-refractivity contribution >= 4 is 11.6 Å². The second-order valence-electron chi connectivity index (χ2n) is 10.2. The number of piperazine rings is 1. The zero-order valence-corrected chi connectivity index (χ0v) is 20.2. The van der Waals surface area contributed by atoms with Crippen molar-refractivity contribution in [3.63, 3.8) is 0 Å². The van der Waals surface area contributed by atoms with E-state index in [1.165, 1.54) is 37.8 Å². The van der Waals surface area contributed by atoms with Gasteiger partial charge in [-0.3, -0.25) is 9.78 Å². The number of aliphatic imine (C=N–C) groups is 1. The summed E-state index contributed by atoms with van der Waals surface area (Å²) < 4.78 is 5.86. The number of rotatable bonds is 4. The molecule has 1 saturated carbocycles. The summed E-state index contributed by atoms with van der Waals surface area (Å²) in [5, 5.41) is 10.2. The topological polar surface area (TPSA) is 81.8 Å². The Morgan fingerprint density at radius 1 is 1.18 bits per heavy atom. The number of pyridine rings is 1. The van der Waals surface area contributed by atoms with Crippen molar-refractivity contribution in [2.45, 2.75) is 57.9 Å². The van der Waals surface area contributed by atoms with Gasteiger partial charge in [-0.25, -0.2) is 4.99 Å². The first-order valence-corrected chi connectivity index (χ1v) is 12.9. The van der Waals surface area contributed by atoms with Crippen LogP contribution in [-0.4, -0.2) is 65.3 Å². The standard InChI is InChI=1S/C27H35N5O2/c1-19-17-31(12-13-32(19)25(33)15-21-9-5-6-11-29-21)27-23(16-28)22-10-14-34-18-24(22)26(30-27)20-7-3-2-4-8-20/h5-6,9,11,19-20,22,24H,2-4,7-8,10,12-15,17-18H2,1H3/t19-,22?,24?/m1/s1. The molecule has 1 aliphatic carbocycles. The highest BCUT2D eigenvalue weighted by Crippen LogP contribution is 2.41. The Bertz CT molecular complexity index is 992. The van der Waals surface area contributed by atoms with E-state index in [-0.39, 0.29) is 23.8 Å². The second-order valence-corrected chi connectivity index (χ2v) is 10.2. The van der Waals surface area contributed by atoms with Crippen LogP contribution >= 0.6 is 0 Å². The smallest absolute Gasteiger partial charge is 0.228 e. The number of nitriles is 1. The van der Waals surface area contributed by atoms with E-state index in [0.29, 0.717) is 45.2 Å². The first-order chi connectivity index (χ1) is 16.7. The predicted octanol–water partition coefficient (Wildman–Crippen LogP) is 3.58. The van der Waals surface area contributed by atoms with Gasteiger partial charge in [0.15, 0.2) is 0 Å². The number of aromatic nitrogens is 1. The van der Waals surface area contributed by atoms with Crippen molar-refractivity contribution in [3.8, 4) is 6.07 Å². The molecule has 7 heteroatoms. The Morgan fingerprint density at radius 3 is 2.76 bits per heavy atom. The molecule has 0 aromatic carbocycles. The average Bonchev–Trinajstić information content (AvgIpc) is 2.88. The Morgan fingerprint density at radius 2 is 2.03 bits per heavy atom. The third kappa shape index (κ3) is 4.61. The van der Waals surface area contributed by atoms with Crippen LogP contribution in [0.5, 0.6) is 0 Å². The van der Waals surface area contributed by atoms with E-state index in [4.69, 9.17) is 9.73 Å². The molecule has 1 aromatic rings. The lowest BCUT2D eigenvalue weighted by Crippen LogP contribution is -2.54. The summed E-state index contributed by atoms with van der Waals surface area (Å²) in [4.78, 5) is 26.8. The van der Waals surface area contributed by atoms with Gasteiger partial charge < -0.3 is 14.5 Å². The fourth-order valence-electron chi connectivity index (χ4n) is 6.25. The van der Waals surface area contributed by atoms with Crippen LogP contribution in [0.4, 0.5) is 0 Å². The fraction of sp³-hybridized carbons (Fsp3) is 0.630. The molecule has 1 amide bonds. The molecule has 2 unspecified atom stereocenters. The number of amides is 1. The molecule has 0 N–H and O–H groups in total. The lowest BCUT2D eigenvalue weighted by atomic mass is 9.71. The van der Waals surface area contributed by atoms with Gasteiger partial charge in [-0.15, -0.1) is 0 Å². The van der Waals surface area contributed by atoms with Gasteiger partial charge in [0.25, 0.3) is 0 Å². The lowest BCUT2D eigenvalue weighted by molar-refractivity contribution is -0.134. The SMILES string of the molecule is C[C@@H]1CN(C2=C(C#N)C3CCOCC3C(C3CCCCC3)=N2)CCN1C(=O)Cc1ccccn1. The van der Waals surface area contributed by atoms with Crippen LogP contribution in [0, 0.1) is 29.1 Å². The summed E-state index contributed by atoms with van der Waals surface area (Å²) in [5.74, 6) is 1.95. The summed E-state index contributed by atoms with van der Waals surface area (Å²) in [6, 6.07) is 8.28. The number of fused-ring (bicyclic) bond motifs is 1. The molecule has 4 heterocycles. The molecule has 3 aliphatic heterocycles. The van der Waals surface area contributed by atoms with E-state index in [2.05, 4.69) is 22.9 Å². The summed E-state index contributed by atoms with van der Waals surface area (Å²) in [6.45, 7) is 5.54. The fourth-order valence-corrected chi connectivity index (χ4v) is 6.25. The third-order valence-electron chi connectivity index (χ3n) is 8.03. The molecule has 4 aliphatic rings. The number of allylic oxidation sites excluding steroid dienone is 1. The summed E-state index contributed by atoms with van der Waals surface area (Å²) in [5.41, 5.74) is 2.91. The number of hydrogen-bond acceptors (Lipinski definition) is 6. The number of carbonyl (C=O) groups is 1. The van der Waals surface area contributed by atoms with Crippen molar-refractivity contribution in [1.82, 2.24) is 14.8 Å². The first-order valence-electron chi connectivity index (χ1n) is 12.9. The molecule has 2 saturated heterocycles. The van der Waals surface area contributed by atoms with Crippen LogP contribution in [0.25, 0.3) is 0 Å². The molecule has 180 valence electrons. The molecule has 7 nitrogen and oxygen atoms in total. The van der Waals surface area contributed by atoms with Crippen LogP contribution in [0.15, 0.2) is 40.8 Å². The molecule has 3 atom stereocenters. The van der Waals surface area contributed by atoms with E-state index in [1.807, 2.05) is 23.1 Å². The summed E-state index contributed by atoms with van der Waals surface area (Å²) >= 11 is 0. The van der Waals surface area contributed by atoms with Gasteiger partial charge in [-0.2, -0.15) is 5.26 Å². The minimum absolute atomic E-state index is 0.0538. The second kappa shape index (κ2) is 10.3. The zero-order valence-electron chi connectivity index (χ0n) is 20.2. The van der Waals surface area contributed by atoms with Crippen molar-refractivity contribution in [3.05, 3.63) is 41.5 Å². The van der Waals surface area contributed by atoms with Gasteiger partial charge >= 0.3 is 0 Å². The molecule has 5 rings (SSSR count). The highest BCUT2D eigenvalue weighted by molar-refractivity contribution is 5.92. The lowest BCUT2D eigenvalue weighted by Gasteiger charge is -2.45. The van der Waals surface area contributed by atoms with E-state index < -0.39 is 0 Å². The van der Waals surface area contributed by atoms with Crippen LogP contribution in [0.3, 0.4) is 0 Å². The number of nitrogens with zero attached hydrogens (tertiary/aromatic N) is 5. The largest absolute Gasteiger partial charge is 0.381 e. The van der Waals surface area contributed by atoms with Crippen molar-refractivity contribution in [2.24, 2.45) is 22.7 Å². The monoisotopic (exact) mass is 461 g/mol. The Kier molecular flexibility index (Phi) is 6.96. The Labute approximate surface area is 202 Å². The van der Waals surface area contributed by atoms with Gasteiger partial charge in [-0.1, -0.05) is 25.3 Å². The van der Waals surface area contributed by atoms with Crippen LogP contribution in [0.1, 0.15) is 51.1 Å². The minimum Gasteiger partial charge on any atom is -0.381 e. The molecular formula is C27H35N5O2. The van der Waals surface area contributed by atoms with Gasteiger partial charge in [0.1, 0.15) is 5.82 Å². The van der Waals surface area contributed by atoms with Gasteiger partial charge in [-0.05, 0) is 44.2 Å². The average molecular weight is 462 g/mol. The predicted molar refractivity (Wildman–Crippen MR) is 130 cm³/mol. The summed E-state index contributed by atoms with van der Waals surface area (Å²) in [6.07, 6.45) is 9.18. The van der Waals surface area contributed by atoms with Crippen molar-refractivity contribution < 1.29 is 9.53 Å². The molecule has 0 radical (unpaired) electrons. The van der Waals surface area contributed by atoms with Gasteiger partial charge in [0, 0.05) is 61.7 Å². The maximum absolute atomic E-state index is 13.0. The molecule has 34 heavy (non-hydrogen) atoms. The molecule has 1 aromatic heterocycles. The number of carbonyl (C=O) groups excluding carboxylic acids is 1. The quantitative estimate of drug-likeness (QED) is 0.685. The maximum atomic E-state index is 13.0. The van der Waals surface area contributed by atoms with Gasteiger partial charge in [0.2, 0.25) is 5.91 Å². The van der Waals surface area contributed by atoms with E-state index in [1.54, 1.807) is 6.20 Å². The van der Waals surface area contributed by atoms with E-state index >= 15 is 0 Å². The number of hydrogen-bond donors (Lipinski definition) is 0. The highest BCUT2D eigenvalue weighted by atomic mass is 16.5. The molecule has 0 spiro atoms.